The molecule has 2 atom stereocenters. The Morgan fingerprint density at radius 3 is 2.61 bits per heavy atom. The van der Waals surface area contributed by atoms with Crippen molar-refractivity contribution in [3.63, 3.8) is 0 Å². The molecule has 11 heteroatoms. The summed E-state index contributed by atoms with van der Waals surface area (Å²) in [5.74, 6) is -2.89. The first-order valence-electron chi connectivity index (χ1n) is 6.80. The van der Waals surface area contributed by atoms with Crippen molar-refractivity contribution in [3.05, 3.63) is 17.2 Å². The van der Waals surface area contributed by atoms with Gasteiger partial charge in [-0.05, 0) is 13.8 Å². The Labute approximate surface area is 131 Å². The molecule has 1 aromatic heterocycles. The third-order valence-electron chi connectivity index (χ3n) is 2.62. The zero-order valence-corrected chi connectivity index (χ0v) is 12.6. The molecule has 0 spiro atoms. The summed E-state index contributed by atoms with van der Waals surface area (Å²) >= 11 is 0. The summed E-state index contributed by atoms with van der Waals surface area (Å²) in [5, 5.41) is 20.7. The number of ether oxygens (including phenoxy) is 2. The Hall–Kier alpha value is -2.50. The van der Waals surface area contributed by atoms with E-state index < -0.39 is 47.0 Å². The number of carbonyl (C=O) groups excluding carboxylic acids is 3. The summed E-state index contributed by atoms with van der Waals surface area (Å²) in [6.07, 6.45) is 0.592. The van der Waals surface area contributed by atoms with Crippen molar-refractivity contribution in [1.82, 2.24) is 15.3 Å². The van der Waals surface area contributed by atoms with Crippen LogP contribution in [0.15, 0.2) is 6.33 Å². The van der Waals surface area contributed by atoms with Gasteiger partial charge in [0.15, 0.2) is 0 Å². The van der Waals surface area contributed by atoms with Gasteiger partial charge < -0.3 is 20.0 Å². The van der Waals surface area contributed by atoms with E-state index in [-0.39, 0.29) is 13.2 Å². The Balaban J connectivity index is 2.86. The number of aromatic nitrogens is 2. The first-order valence-corrected chi connectivity index (χ1v) is 6.80. The summed E-state index contributed by atoms with van der Waals surface area (Å²) in [4.78, 5) is 41.3. The predicted octanol–water partition coefficient (Wildman–Crippen LogP) is -1.57. The molecule has 1 rings (SSSR count). The molecule has 0 aliphatic rings. The third-order valence-corrected chi connectivity index (χ3v) is 2.62. The Morgan fingerprint density at radius 1 is 1.39 bits per heavy atom. The molecule has 128 valence electrons. The number of imidazole rings is 1. The Bertz CT molecular complexity index is 557. The van der Waals surface area contributed by atoms with Crippen LogP contribution in [-0.4, -0.2) is 52.3 Å². The molecule has 0 radical (unpaired) electrons. The lowest BCUT2D eigenvalue weighted by atomic mass is 10.2. The monoisotopic (exact) mass is 330 g/mol. The first-order chi connectivity index (χ1) is 10.9. The van der Waals surface area contributed by atoms with Gasteiger partial charge in [0.1, 0.15) is 6.04 Å². The average Bonchev–Trinajstić information content (AvgIpc) is 2.96. The van der Waals surface area contributed by atoms with Crippen LogP contribution in [0.4, 0.5) is 5.82 Å². The minimum Gasteiger partial charge on any atom is -0.594 e. The van der Waals surface area contributed by atoms with E-state index in [0.29, 0.717) is 0 Å². The molecule has 11 nitrogen and oxygen atoms in total. The number of nitrogens with zero attached hydrogens (tertiary/aromatic N) is 1. The molecule has 0 saturated heterocycles. The molecule has 0 bridgehead atoms. The summed E-state index contributed by atoms with van der Waals surface area (Å²) in [6, 6.07) is -1.31. The Kier molecular flexibility index (Phi) is 7.12. The third kappa shape index (κ3) is 5.32. The van der Waals surface area contributed by atoms with Crippen LogP contribution in [0.1, 0.15) is 30.8 Å². The molecule has 23 heavy (non-hydrogen) atoms. The lowest BCUT2D eigenvalue weighted by Gasteiger charge is -2.16. The van der Waals surface area contributed by atoms with E-state index >= 15 is 0 Å². The lowest BCUT2D eigenvalue weighted by Crippen LogP contribution is -2.99. The highest BCUT2D eigenvalue weighted by Gasteiger charge is 2.29. The predicted molar refractivity (Wildman–Crippen MR) is 73.5 cm³/mol. The number of aromatic amines is 1. The van der Waals surface area contributed by atoms with Crippen LogP contribution in [0.5, 0.6) is 0 Å². The highest BCUT2D eigenvalue weighted by molar-refractivity contribution is 5.98. The topological polar surface area (TPSA) is 158 Å². The highest BCUT2D eigenvalue weighted by atomic mass is 16.8. The van der Waals surface area contributed by atoms with E-state index in [1.165, 1.54) is 0 Å². The second-order valence-corrected chi connectivity index (χ2v) is 4.22. The molecule has 0 aromatic carbocycles. The van der Waals surface area contributed by atoms with E-state index in [2.05, 4.69) is 15.3 Å². The van der Waals surface area contributed by atoms with Crippen molar-refractivity contribution in [3.8, 4) is 0 Å². The number of hydrogen-bond acceptors (Lipinski definition) is 8. The summed E-state index contributed by atoms with van der Waals surface area (Å²) in [5.41, 5.74) is -0.407. The van der Waals surface area contributed by atoms with Crippen molar-refractivity contribution >= 4 is 23.7 Å². The van der Waals surface area contributed by atoms with Crippen molar-refractivity contribution in [2.24, 2.45) is 0 Å². The summed E-state index contributed by atoms with van der Waals surface area (Å²) in [6.45, 7) is 3.33. The van der Waals surface area contributed by atoms with Gasteiger partial charge in [-0.15, -0.1) is 0 Å². The molecule has 1 aromatic rings. The fraction of sp³-hybridized carbons (Fsp3) is 0.500. The van der Waals surface area contributed by atoms with Crippen molar-refractivity contribution < 1.29 is 34.3 Å². The summed E-state index contributed by atoms with van der Waals surface area (Å²) in [7, 11) is 0. The first kappa shape index (κ1) is 18.5. The van der Waals surface area contributed by atoms with Crippen molar-refractivity contribution in [2.75, 3.05) is 13.2 Å². The molecule has 0 aliphatic heterocycles. The van der Waals surface area contributed by atoms with Gasteiger partial charge in [-0.1, -0.05) is 0 Å². The van der Waals surface area contributed by atoms with Crippen LogP contribution in [0.2, 0.25) is 0 Å². The molecule has 0 saturated carbocycles. The largest absolute Gasteiger partial charge is 0.594 e. The van der Waals surface area contributed by atoms with Crippen LogP contribution >= 0.6 is 0 Å². The van der Waals surface area contributed by atoms with Gasteiger partial charge in [0.05, 0.1) is 26.0 Å². The van der Waals surface area contributed by atoms with Crippen LogP contribution in [0.3, 0.4) is 0 Å². The SMILES string of the molecule is CCOC(=O)CC(NC(=O)c1nc[nH]c1[NH+]([O-])O)C(=O)OCC. The van der Waals surface area contributed by atoms with Crippen LogP contribution in [0.25, 0.3) is 0 Å². The molecule has 2 unspecified atom stereocenters. The summed E-state index contributed by atoms with van der Waals surface area (Å²) < 4.78 is 9.49. The smallest absolute Gasteiger partial charge is 0.329 e. The second-order valence-electron chi connectivity index (χ2n) is 4.22. The van der Waals surface area contributed by atoms with Gasteiger partial charge in [-0.2, -0.15) is 5.23 Å². The average molecular weight is 330 g/mol. The molecule has 0 aliphatic carbocycles. The number of rotatable bonds is 8. The maximum Gasteiger partial charge on any atom is 0.329 e. The number of H-pyrrole nitrogens is 1. The number of hydrogen-bond donors (Lipinski definition) is 4. The van der Waals surface area contributed by atoms with E-state index in [0.717, 1.165) is 6.33 Å². The van der Waals surface area contributed by atoms with Gasteiger partial charge in [-0.3, -0.25) is 14.6 Å². The quantitative estimate of drug-likeness (QED) is 0.328. The van der Waals surface area contributed by atoms with E-state index in [1.54, 1.807) is 13.8 Å². The number of esters is 2. The zero-order valence-electron chi connectivity index (χ0n) is 12.6. The van der Waals surface area contributed by atoms with Crippen LogP contribution in [-0.2, 0) is 19.1 Å². The molecule has 1 amide bonds. The molecule has 1 heterocycles. The fourth-order valence-electron chi connectivity index (χ4n) is 1.68. The Morgan fingerprint density at radius 2 is 2.04 bits per heavy atom. The number of nitrogens with one attached hydrogen (secondary N) is 3. The number of carbonyl (C=O) groups is 3. The maximum absolute atomic E-state index is 12.1. The van der Waals surface area contributed by atoms with Gasteiger partial charge >= 0.3 is 11.9 Å². The lowest BCUT2D eigenvalue weighted by molar-refractivity contribution is -0.993. The standard InChI is InChI=1S/C12H18N4O7/c1-3-22-8(17)5-7(12(19)23-4-2)15-11(18)9-10(16(20)21)14-6-13-9/h6-7,16,20H,3-5H2,1-2H3,(H,13,14)(H,15,18). The minimum atomic E-state index is -1.38. The molecule has 0 fully saturated rings. The van der Waals surface area contributed by atoms with Gasteiger partial charge in [0.2, 0.25) is 5.69 Å². The van der Waals surface area contributed by atoms with E-state index in [9.17, 15) is 19.6 Å². The molecular formula is C12H18N4O7. The normalized spacial score (nSPS) is 13.0. The fourth-order valence-corrected chi connectivity index (χ4v) is 1.68. The maximum atomic E-state index is 12.1. The van der Waals surface area contributed by atoms with Crippen molar-refractivity contribution in [1.29, 1.82) is 0 Å². The van der Waals surface area contributed by atoms with Crippen molar-refractivity contribution in [2.45, 2.75) is 26.3 Å². The highest BCUT2D eigenvalue weighted by Crippen LogP contribution is 2.06. The van der Waals surface area contributed by atoms with Crippen LogP contribution < -0.4 is 10.5 Å². The second kappa shape index (κ2) is 8.82. The van der Waals surface area contributed by atoms with Gasteiger partial charge in [0, 0.05) is 0 Å². The van der Waals surface area contributed by atoms with Gasteiger partial charge in [-0.25, -0.2) is 15.0 Å². The number of amides is 1. The molecule has 4 N–H and O–H groups in total. The molecular weight excluding hydrogens is 312 g/mol. The minimum absolute atomic E-state index is 0.0524. The zero-order chi connectivity index (χ0) is 17.4. The van der Waals surface area contributed by atoms with Crippen LogP contribution in [0, 0.1) is 5.21 Å². The van der Waals surface area contributed by atoms with Gasteiger partial charge in [0.25, 0.3) is 11.7 Å². The van der Waals surface area contributed by atoms with E-state index in [1.807, 2.05) is 0 Å². The van der Waals surface area contributed by atoms with E-state index in [4.69, 9.17) is 14.7 Å². The number of quaternary nitrogens is 1.